The van der Waals surface area contributed by atoms with Gasteiger partial charge in [-0.05, 0) is 26.0 Å². The molecular formula is C20H25N7O6. The van der Waals surface area contributed by atoms with Crippen molar-refractivity contribution in [2.45, 2.75) is 19.9 Å². The molecule has 176 valence electrons. The number of rotatable bonds is 9. The Morgan fingerprint density at radius 1 is 1.15 bits per heavy atom. The zero-order chi connectivity index (χ0) is 24.5. The molecule has 2 rings (SSSR count). The van der Waals surface area contributed by atoms with Crippen molar-refractivity contribution in [2.24, 2.45) is 5.73 Å². The van der Waals surface area contributed by atoms with Crippen molar-refractivity contribution < 1.29 is 28.4 Å². The Morgan fingerprint density at radius 3 is 2.45 bits per heavy atom. The van der Waals surface area contributed by atoms with Crippen LogP contribution in [-0.4, -0.2) is 61.0 Å². The maximum atomic E-state index is 12.5. The fraction of sp³-hybridized carbons (Fsp3) is 0.300. The fourth-order valence-electron chi connectivity index (χ4n) is 2.84. The van der Waals surface area contributed by atoms with Gasteiger partial charge in [0.2, 0.25) is 5.91 Å². The number of hydrogen-bond acceptors (Lipinski definition) is 8. The summed E-state index contributed by atoms with van der Waals surface area (Å²) >= 11 is 0. The summed E-state index contributed by atoms with van der Waals surface area (Å²) in [6.45, 7) is 2.45. The average Bonchev–Trinajstić information content (AvgIpc) is 3.12. The summed E-state index contributed by atoms with van der Waals surface area (Å²) in [5.41, 5.74) is 6.31. The average molecular weight is 459 g/mol. The van der Waals surface area contributed by atoms with Crippen LogP contribution in [0.2, 0.25) is 0 Å². The van der Waals surface area contributed by atoms with E-state index in [1.165, 1.54) is 6.07 Å². The Balaban J connectivity index is 1.94. The van der Waals surface area contributed by atoms with E-state index in [0.717, 1.165) is 7.11 Å². The molecule has 1 heterocycles. The van der Waals surface area contributed by atoms with E-state index in [0.29, 0.717) is 11.4 Å². The van der Waals surface area contributed by atoms with Crippen LogP contribution < -0.4 is 27.0 Å². The Morgan fingerprint density at radius 2 is 1.85 bits per heavy atom. The van der Waals surface area contributed by atoms with Gasteiger partial charge in [-0.15, -0.1) is 0 Å². The van der Waals surface area contributed by atoms with E-state index in [9.17, 15) is 19.2 Å². The third kappa shape index (κ3) is 6.78. The monoisotopic (exact) mass is 459 g/mol. The standard InChI is InChI=1S/C20H25N7O6/c1-10-16(11(2)33-27-10)18(30)25-14(19(31)32-3)8-23-15(28)9-24-17(29)12-6-4-5-7-13(12)26-20(21)22/h4-7,14H,8-9H2,1-3H3,(H,23,28)(H,24,29)(H,25,30)(H4,21,22,26). The second-order valence-corrected chi connectivity index (χ2v) is 6.82. The van der Waals surface area contributed by atoms with Crippen LogP contribution in [0.3, 0.4) is 0 Å². The largest absolute Gasteiger partial charge is 0.467 e. The van der Waals surface area contributed by atoms with Gasteiger partial charge in [-0.1, -0.05) is 17.3 Å². The molecule has 0 radical (unpaired) electrons. The molecule has 2 aromatic rings. The van der Waals surface area contributed by atoms with Crippen LogP contribution in [0.1, 0.15) is 32.2 Å². The molecule has 1 atom stereocenters. The number of hydrogen-bond donors (Lipinski definition) is 6. The minimum atomic E-state index is -1.18. The summed E-state index contributed by atoms with van der Waals surface area (Å²) in [6, 6.07) is 5.13. The number of aromatic nitrogens is 1. The van der Waals surface area contributed by atoms with E-state index in [4.69, 9.17) is 15.7 Å². The van der Waals surface area contributed by atoms with Crippen LogP contribution in [0, 0.1) is 19.3 Å². The molecule has 7 N–H and O–H groups in total. The zero-order valence-electron chi connectivity index (χ0n) is 18.3. The lowest BCUT2D eigenvalue weighted by atomic mass is 10.1. The predicted octanol–water partition coefficient (Wildman–Crippen LogP) is -0.586. The summed E-state index contributed by atoms with van der Waals surface area (Å²) in [5, 5.41) is 20.9. The van der Waals surface area contributed by atoms with Gasteiger partial charge in [-0.2, -0.15) is 0 Å². The second kappa shape index (κ2) is 11.3. The highest BCUT2D eigenvalue weighted by Gasteiger charge is 2.26. The number of ether oxygens (including phenoxy) is 1. The topological polar surface area (TPSA) is 202 Å². The van der Waals surface area contributed by atoms with Crippen molar-refractivity contribution in [1.82, 2.24) is 21.1 Å². The number of carbonyl (C=O) groups is 4. The molecule has 0 saturated heterocycles. The van der Waals surface area contributed by atoms with Crippen molar-refractivity contribution in [2.75, 3.05) is 25.5 Å². The lowest BCUT2D eigenvalue weighted by molar-refractivity contribution is -0.142. The number of methoxy groups -OCH3 is 1. The normalized spacial score (nSPS) is 11.1. The minimum Gasteiger partial charge on any atom is -0.467 e. The molecule has 3 amide bonds. The van der Waals surface area contributed by atoms with Crippen LogP contribution >= 0.6 is 0 Å². The molecule has 13 heteroatoms. The van der Waals surface area contributed by atoms with Crippen molar-refractivity contribution in [3.8, 4) is 0 Å². The van der Waals surface area contributed by atoms with Gasteiger partial charge in [0.1, 0.15) is 17.4 Å². The molecule has 13 nitrogen and oxygen atoms in total. The fourth-order valence-corrected chi connectivity index (χ4v) is 2.84. The highest BCUT2D eigenvalue weighted by atomic mass is 16.5. The van der Waals surface area contributed by atoms with E-state index in [1.807, 2.05) is 0 Å². The van der Waals surface area contributed by atoms with E-state index >= 15 is 0 Å². The van der Waals surface area contributed by atoms with Crippen LogP contribution in [0.25, 0.3) is 0 Å². The number of amides is 3. The van der Waals surface area contributed by atoms with Crippen LogP contribution in [0.15, 0.2) is 28.8 Å². The first-order chi connectivity index (χ1) is 15.6. The lowest BCUT2D eigenvalue weighted by Gasteiger charge is -2.17. The Bertz CT molecular complexity index is 1050. The molecule has 0 saturated carbocycles. The number of para-hydroxylation sites is 1. The molecule has 1 aromatic carbocycles. The van der Waals surface area contributed by atoms with E-state index in [1.54, 1.807) is 32.0 Å². The molecule has 0 aliphatic rings. The molecule has 0 fully saturated rings. The smallest absolute Gasteiger partial charge is 0.330 e. The number of guanidine groups is 1. The first-order valence-electron chi connectivity index (χ1n) is 9.70. The third-order valence-electron chi connectivity index (χ3n) is 4.41. The summed E-state index contributed by atoms with van der Waals surface area (Å²) in [7, 11) is 1.14. The summed E-state index contributed by atoms with van der Waals surface area (Å²) in [6.07, 6.45) is 0. The number of nitrogens with one attached hydrogen (secondary N) is 5. The molecule has 0 spiro atoms. The van der Waals surface area contributed by atoms with Crippen LogP contribution in [0.4, 0.5) is 5.69 Å². The van der Waals surface area contributed by atoms with Gasteiger partial charge in [0, 0.05) is 6.54 Å². The van der Waals surface area contributed by atoms with Crippen molar-refractivity contribution in [3.05, 3.63) is 46.8 Å². The van der Waals surface area contributed by atoms with E-state index in [-0.39, 0.29) is 29.4 Å². The summed E-state index contributed by atoms with van der Waals surface area (Å²) < 4.78 is 9.62. The van der Waals surface area contributed by atoms with Crippen molar-refractivity contribution in [1.29, 1.82) is 5.41 Å². The van der Waals surface area contributed by atoms with Gasteiger partial charge in [0.05, 0.1) is 30.6 Å². The third-order valence-corrected chi connectivity index (χ3v) is 4.41. The molecule has 33 heavy (non-hydrogen) atoms. The molecule has 1 unspecified atom stereocenters. The maximum Gasteiger partial charge on any atom is 0.330 e. The van der Waals surface area contributed by atoms with E-state index < -0.39 is 36.3 Å². The maximum absolute atomic E-state index is 12.5. The van der Waals surface area contributed by atoms with Crippen molar-refractivity contribution in [3.63, 3.8) is 0 Å². The molecule has 0 aliphatic heterocycles. The van der Waals surface area contributed by atoms with Gasteiger partial charge in [-0.3, -0.25) is 19.8 Å². The highest BCUT2D eigenvalue weighted by Crippen LogP contribution is 2.14. The first kappa shape index (κ1) is 24.8. The second-order valence-electron chi connectivity index (χ2n) is 6.82. The summed E-state index contributed by atoms with van der Waals surface area (Å²) in [4.78, 5) is 49.1. The highest BCUT2D eigenvalue weighted by molar-refractivity contribution is 6.04. The minimum absolute atomic E-state index is 0.180. The van der Waals surface area contributed by atoms with Crippen LogP contribution in [0.5, 0.6) is 0 Å². The molecular weight excluding hydrogens is 434 g/mol. The number of carbonyl (C=O) groups excluding carboxylic acids is 4. The molecule has 0 aliphatic carbocycles. The van der Waals surface area contributed by atoms with Gasteiger partial charge < -0.3 is 36.3 Å². The van der Waals surface area contributed by atoms with Gasteiger partial charge in [0.15, 0.2) is 5.96 Å². The molecule has 1 aromatic heterocycles. The molecule has 0 bridgehead atoms. The quantitative estimate of drug-likeness (QED) is 0.161. The number of benzene rings is 1. The first-order valence-corrected chi connectivity index (χ1v) is 9.70. The number of esters is 1. The predicted molar refractivity (Wildman–Crippen MR) is 117 cm³/mol. The van der Waals surface area contributed by atoms with Gasteiger partial charge in [0.25, 0.3) is 11.8 Å². The Kier molecular flexibility index (Phi) is 8.49. The van der Waals surface area contributed by atoms with E-state index in [2.05, 4.69) is 31.2 Å². The number of aryl methyl sites for hydroxylation is 2. The lowest BCUT2D eigenvalue weighted by Crippen LogP contribution is -2.50. The van der Waals surface area contributed by atoms with Gasteiger partial charge >= 0.3 is 5.97 Å². The Labute approximate surface area is 188 Å². The summed E-state index contributed by atoms with van der Waals surface area (Å²) in [5.74, 6) is -2.64. The SMILES string of the molecule is COC(=O)C(CNC(=O)CNC(=O)c1ccccc1NC(=N)N)NC(=O)c1c(C)noc1C. The van der Waals surface area contributed by atoms with Gasteiger partial charge in [-0.25, -0.2) is 4.79 Å². The van der Waals surface area contributed by atoms with Crippen LogP contribution in [-0.2, 0) is 14.3 Å². The Hall–Kier alpha value is -4.42. The number of nitrogens with zero attached hydrogens (tertiary/aromatic N) is 1. The number of anilines is 1. The van der Waals surface area contributed by atoms with Crippen molar-refractivity contribution >= 4 is 35.3 Å². The number of nitrogens with two attached hydrogens (primary N) is 1. The zero-order valence-corrected chi connectivity index (χ0v) is 18.3.